The molecule has 2 amide bonds. The van der Waals surface area contributed by atoms with Gasteiger partial charge in [-0.25, -0.2) is 4.79 Å². The molecule has 1 aliphatic heterocycles. The minimum absolute atomic E-state index is 0.0629. The number of fused-ring (bicyclic) bond motifs is 1. The van der Waals surface area contributed by atoms with Gasteiger partial charge in [0.25, 0.3) is 0 Å². The van der Waals surface area contributed by atoms with E-state index in [0.717, 1.165) is 56.0 Å². The number of urea groups is 1. The highest BCUT2D eigenvalue weighted by atomic mass is 16.2. The largest absolute Gasteiger partial charge is 0.368 e. The summed E-state index contributed by atoms with van der Waals surface area (Å²) in [6, 6.07) is 19.1. The zero-order valence-electron chi connectivity index (χ0n) is 23.6. The van der Waals surface area contributed by atoms with Gasteiger partial charge >= 0.3 is 6.03 Å². The van der Waals surface area contributed by atoms with E-state index in [0.29, 0.717) is 0 Å². The number of benzene rings is 2. The average Bonchev–Trinajstić information content (AvgIpc) is 2.81. The smallest absolute Gasteiger partial charge is 0.322 e. The minimum atomic E-state index is -0.333. The molecule has 2 heterocycles. The Morgan fingerprint density at radius 1 is 0.946 bits per heavy atom. The maximum Gasteiger partial charge on any atom is 0.322 e. The van der Waals surface area contributed by atoms with E-state index in [1.54, 1.807) is 0 Å². The van der Waals surface area contributed by atoms with Gasteiger partial charge in [-0.2, -0.15) is 0 Å². The second-order valence-corrected chi connectivity index (χ2v) is 12.2. The first-order valence-corrected chi connectivity index (χ1v) is 13.5. The maximum absolute atomic E-state index is 13.2. The van der Waals surface area contributed by atoms with E-state index < -0.39 is 0 Å². The molecule has 0 unspecified atom stereocenters. The lowest BCUT2D eigenvalue weighted by Crippen LogP contribution is -2.55. The van der Waals surface area contributed by atoms with Crippen molar-refractivity contribution < 1.29 is 4.79 Å². The number of nitrogens with zero attached hydrogens (tertiary/aromatic N) is 4. The summed E-state index contributed by atoms with van der Waals surface area (Å²) in [7, 11) is 0. The zero-order valence-corrected chi connectivity index (χ0v) is 23.6. The molecule has 198 valence electrons. The molecule has 4 rings (SSSR count). The number of piperazine rings is 1. The number of carbonyl (C=O) groups excluding carboxylic acids is 1. The molecule has 6 heteroatoms. The lowest BCUT2D eigenvalue weighted by Gasteiger charge is -2.38. The molecular weight excluding hydrogens is 458 g/mol. The summed E-state index contributed by atoms with van der Waals surface area (Å²) < 4.78 is 0. The summed E-state index contributed by atoms with van der Waals surface area (Å²) in [6.07, 6.45) is 0.962. The highest BCUT2D eigenvalue weighted by Gasteiger charge is 2.30. The van der Waals surface area contributed by atoms with E-state index in [9.17, 15) is 4.79 Å². The van der Waals surface area contributed by atoms with Crippen molar-refractivity contribution in [3.05, 3.63) is 65.9 Å². The van der Waals surface area contributed by atoms with Crippen molar-refractivity contribution in [3.63, 3.8) is 0 Å². The lowest BCUT2D eigenvalue weighted by atomic mass is 10.0. The normalized spacial score (nSPS) is 15.2. The van der Waals surface area contributed by atoms with Gasteiger partial charge in [-0.1, -0.05) is 18.2 Å². The topological polar surface area (TPSA) is 51.7 Å². The summed E-state index contributed by atoms with van der Waals surface area (Å²) in [6.45, 7) is 19.4. The number of pyridine rings is 1. The Morgan fingerprint density at radius 3 is 2.32 bits per heavy atom. The van der Waals surface area contributed by atoms with Crippen molar-refractivity contribution in [2.45, 2.75) is 66.0 Å². The molecule has 0 aliphatic carbocycles. The van der Waals surface area contributed by atoms with Crippen molar-refractivity contribution in [2.24, 2.45) is 0 Å². The average molecular weight is 502 g/mol. The van der Waals surface area contributed by atoms with Crippen LogP contribution >= 0.6 is 0 Å². The molecule has 1 fully saturated rings. The first-order chi connectivity index (χ1) is 17.4. The molecule has 3 aromatic rings. The highest BCUT2D eigenvalue weighted by Crippen LogP contribution is 2.28. The molecule has 1 N–H and O–H groups in total. The van der Waals surface area contributed by atoms with E-state index in [-0.39, 0.29) is 17.1 Å². The summed E-state index contributed by atoms with van der Waals surface area (Å²) in [5, 5.41) is 4.36. The number of hydrogen-bond donors (Lipinski definition) is 1. The van der Waals surface area contributed by atoms with Gasteiger partial charge in [0.15, 0.2) is 0 Å². The number of hydrogen-bond acceptors (Lipinski definition) is 4. The first-order valence-electron chi connectivity index (χ1n) is 13.5. The molecule has 1 aliphatic rings. The van der Waals surface area contributed by atoms with Crippen LogP contribution in [0.5, 0.6) is 0 Å². The number of rotatable bonds is 5. The van der Waals surface area contributed by atoms with Crippen LogP contribution in [0.15, 0.2) is 54.6 Å². The van der Waals surface area contributed by atoms with E-state index in [2.05, 4.69) is 84.4 Å². The van der Waals surface area contributed by atoms with Gasteiger partial charge in [-0.05, 0) is 96.8 Å². The van der Waals surface area contributed by atoms with Crippen molar-refractivity contribution >= 4 is 28.3 Å². The van der Waals surface area contributed by atoms with Gasteiger partial charge < -0.3 is 10.2 Å². The van der Waals surface area contributed by atoms with Gasteiger partial charge in [-0.15, -0.1) is 0 Å². The third kappa shape index (κ3) is 6.80. The van der Waals surface area contributed by atoms with Gasteiger partial charge in [-0.3, -0.25) is 14.8 Å². The molecule has 0 bridgehead atoms. The van der Waals surface area contributed by atoms with Crippen molar-refractivity contribution in [1.82, 2.24) is 15.2 Å². The molecule has 1 saturated heterocycles. The first kappa shape index (κ1) is 26.9. The van der Waals surface area contributed by atoms with Crippen molar-refractivity contribution in [1.29, 1.82) is 0 Å². The highest BCUT2D eigenvalue weighted by molar-refractivity contribution is 5.94. The second kappa shape index (κ2) is 10.7. The van der Waals surface area contributed by atoms with Crippen LogP contribution in [0.25, 0.3) is 10.9 Å². The number of aryl methyl sites for hydroxylation is 1. The summed E-state index contributed by atoms with van der Waals surface area (Å²) in [5.74, 6) is 0. The summed E-state index contributed by atoms with van der Waals surface area (Å²) in [5.41, 5.74) is 4.99. The van der Waals surface area contributed by atoms with Crippen LogP contribution in [0.3, 0.4) is 0 Å². The van der Waals surface area contributed by atoms with E-state index >= 15 is 0 Å². The van der Waals surface area contributed by atoms with Crippen LogP contribution in [0.1, 0.15) is 52.8 Å². The molecule has 0 radical (unpaired) electrons. The van der Waals surface area contributed by atoms with Crippen LogP contribution < -0.4 is 15.1 Å². The van der Waals surface area contributed by atoms with E-state index in [1.807, 2.05) is 38.7 Å². The third-order valence-corrected chi connectivity index (χ3v) is 6.80. The number of amides is 2. The van der Waals surface area contributed by atoms with Gasteiger partial charge in [0, 0.05) is 66.3 Å². The Kier molecular flexibility index (Phi) is 7.79. The quantitative estimate of drug-likeness (QED) is 0.464. The van der Waals surface area contributed by atoms with Crippen LogP contribution in [-0.2, 0) is 6.42 Å². The van der Waals surface area contributed by atoms with Gasteiger partial charge in [0.2, 0.25) is 0 Å². The Labute approximate surface area is 222 Å². The van der Waals surface area contributed by atoms with Crippen LogP contribution in [-0.4, -0.2) is 59.7 Å². The molecule has 2 aromatic carbocycles. The Bertz CT molecular complexity index is 1230. The minimum Gasteiger partial charge on any atom is -0.368 e. The Hall–Kier alpha value is -3.12. The standard InChI is InChI=1S/C31H43N5O/c1-23-14-15-26-27(32-23)12-9-13-28(26)35-20-18-34(19-21-35)17-16-24-10-8-11-25(22-24)36(31(5,6)7)29(37)33-30(2,3)4/h8-15,22H,16-21H2,1-7H3,(H,33,37). The fraction of sp³-hybridized carbons (Fsp3) is 0.484. The Balaban J connectivity index is 1.39. The summed E-state index contributed by atoms with van der Waals surface area (Å²) in [4.78, 5) is 24.8. The predicted molar refractivity (Wildman–Crippen MR) is 156 cm³/mol. The van der Waals surface area contributed by atoms with Crippen molar-refractivity contribution in [3.8, 4) is 0 Å². The molecular formula is C31H43N5O. The molecule has 37 heavy (non-hydrogen) atoms. The zero-order chi connectivity index (χ0) is 26.8. The van der Waals surface area contributed by atoms with Gasteiger partial charge in [0.05, 0.1) is 5.52 Å². The lowest BCUT2D eigenvalue weighted by molar-refractivity contribution is 0.232. The fourth-order valence-electron chi connectivity index (χ4n) is 5.05. The summed E-state index contributed by atoms with van der Waals surface area (Å²) >= 11 is 0. The number of nitrogens with one attached hydrogen (secondary N) is 1. The number of aromatic nitrogens is 1. The Morgan fingerprint density at radius 2 is 1.65 bits per heavy atom. The SMILES string of the molecule is Cc1ccc2c(N3CCN(CCc4cccc(N(C(=O)NC(C)(C)C)C(C)(C)C)c4)CC3)cccc2n1. The molecule has 1 aromatic heterocycles. The second-order valence-electron chi connectivity index (χ2n) is 12.2. The monoisotopic (exact) mass is 501 g/mol. The van der Waals surface area contributed by atoms with Crippen LogP contribution in [0, 0.1) is 6.92 Å². The molecule has 0 spiro atoms. The predicted octanol–water partition coefficient (Wildman–Crippen LogP) is 6.02. The molecule has 6 nitrogen and oxygen atoms in total. The van der Waals surface area contributed by atoms with E-state index in [1.165, 1.54) is 16.6 Å². The maximum atomic E-state index is 13.2. The van der Waals surface area contributed by atoms with Crippen LogP contribution in [0.2, 0.25) is 0 Å². The number of carbonyl (C=O) groups is 1. The molecule has 0 atom stereocenters. The third-order valence-electron chi connectivity index (χ3n) is 6.80. The molecule has 0 saturated carbocycles. The van der Waals surface area contributed by atoms with Gasteiger partial charge in [0.1, 0.15) is 0 Å². The van der Waals surface area contributed by atoms with Crippen LogP contribution in [0.4, 0.5) is 16.2 Å². The van der Waals surface area contributed by atoms with Crippen molar-refractivity contribution in [2.75, 3.05) is 42.5 Å². The number of anilines is 2. The fourth-order valence-corrected chi connectivity index (χ4v) is 5.05. The van der Waals surface area contributed by atoms with E-state index in [4.69, 9.17) is 4.98 Å².